The molecule has 0 spiro atoms. The van der Waals surface area contributed by atoms with E-state index in [0.717, 1.165) is 13.0 Å². The highest BCUT2D eigenvalue weighted by atomic mass is 16.2. The molecule has 1 aliphatic rings. The molecule has 3 N–H and O–H groups in total. The zero-order valence-corrected chi connectivity index (χ0v) is 9.58. The van der Waals surface area contributed by atoms with Crippen LogP contribution in [0.2, 0.25) is 0 Å². The Morgan fingerprint density at radius 2 is 1.92 bits per heavy atom. The summed E-state index contributed by atoms with van der Waals surface area (Å²) in [6, 6.07) is 0.449. The number of nitrogens with zero attached hydrogens (tertiary/aromatic N) is 1. The van der Waals surface area contributed by atoms with Crippen molar-refractivity contribution in [3.63, 3.8) is 0 Å². The predicted molar refractivity (Wildman–Crippen MR) is 58.8 cm³/mol. The van der Waals surface area contributed by atoms with Crippen LogP contribution in [0.1, 0.15) is 33.6 Å². The van der Waals surface area contributed by atoms with Gasteiger partial charge in [-0.1, -0.05) is 20.8 Å². The van der Waals surface area contributed by atoms with E-state index in [0.29, 0.717) is 12.6 Å². The zero-order chi connectivity index (χ0) is 10.7. The van der Waals surface area contributed by atoms with E-state index in [1.807, 2.05) is 20.8 Å². The van der Waals surface area contributed by atoms with Crippen molar-refractivity contribution in [3.8, 4) is 0 Å². The van der Waals surface area contributed by atoms with E-state index in [2.05, 4.69) is 11.9 Å². The fourth-order valence-electron chi connectivity index (χ4n) is 0.969. The minimum atomic E-state index is 0.319. The molecule has 1 fully saturated rings. The highest BCUT2D eigenvalue weighted by Crippen LogP contribution is 2.01. The van der Waals surface area contributed by atoms with Gasteiger partial charge in [0.15, 0.2) is 0 Å². The first-order valence-electron chi connectivity index (χ1n) is 5.25. The van der Waals surface area contributed by atoms with Gasteiger partial charge in [-0.05, 0) is 26.4 Å². The number of aliphatic hydroxyl groups excluding tert-OH is 1. The maximum absolute atomic E-state index is 7.88. The molecular formula is C10H26N2O. The number of likely N-dealkylation sites (tertiary alicyclic amines) is 1. The van der Waals surface area contributed by atoms with Gasteiger partial charge in [-0.25, -0.2) is 0 Å². The van der Waals surface area contributed by atoms with E-state index in [-0.39, 0.29) is 0 Å². The van der Waals surface area contributed by atoms with Gasteiger partial charge in [0.1, 0.15) is 0 Å². The second kappa shape index (κ2) is 11.9. The molecule has 1 aliphatic heterocycles. The maximum Gasteiger partial charge on any atom is 0.0428 e. The van der Waals surface area contributed by atoms with Crippen LogP contribution in [0.3, 0.4) is 0 Å². The lowest BCUT2D eigenvalue weighted by Gasteiger charge is -2.03. The van der Waals surface area contributed by atoms with Gasteiger partial charge in [-0.3, -0.25) is 0 Å². The van der Waals surface area contributed by atoms with E-state index in [4.69, 9.17) is 10.8 Å². The third-order valence-corrected chi connectivity index (χ3v) is 1.65. The van der Waals surface area contributed by atoms with E-state index in [1.165, 1.54) is 13.0 Å². The molecule has 82 valence electrons. The Bertz CT molecular complexity index is 79.0. The smallest absolute Gasteiger partial charge is 0.0428 e. The fourth-order valence-corrected chi connectivity index (χ4v) is 0.969. The van der Waals surface area contributed by atoms with Crippen LogP contribution in [0.4, 0.5) is 0 Å². The molecule has 1 rings (SSSR count). The Morgan fingerprint density at radius 1 is 1.46 bits per heavy atom. The molecule has 1 atom stereocenters. The molecule has 1 unspecified atom stereocenters. The Balaban J connectivity index is 0. The van der Waals surface area contributed by atoms with E-state index in [1.54, 1.807) is 0 Å². The van der Waals surface area contributed by atoms with E-state index in [9.17, 15) is 0 Å². The first-order chi connectivity index (χ1) is 6.20. The summed E-state index contributed by atoms with van der Waals surface area (Å²) in [5.74, 6) is 0. The number of hydrogen-bond donors (Lipinski definition) is 2. The van der Waals surface area contributed by atoms with E-state index < -0.39 is 0 Å². The van der Waals surface area contributed by atoms with Crippen molar-refractivity contribution in [2.45, 2.75) is 39.7 Å². The van der Waals surface area contributed by atoms with E-state index >= 15 is 0 Å². The average Bonchev–Trinajstić information content (AvgIpc) is 2.54. The predicted octanol–water partition coefficient (Wildman–Crippen LogP) is 1.06. The molecule has 0 amide bonds. The first-order valence-corrected chi connectivity index (χ1v) is 5.25. The van der Waals surface area contributed by atoms with Gasteiger partial charge in [0, 0.05) is 19.2 Å². The molecule has 3 heteroatoms. The maximum atomic E-state index is 7.88. The van der Waals surface area contributed by atoms with Crippen molar-refractivity contribution >= 4 is 0 Å². The van der Waals surface area contributed by atoms with Crippen LogP contribution in [0, 0.1) is 0 Å². The molecule has 1 saturated heterocycles. The summed E-state index contributed by atoms with van der Waals surface area (Å²) in [6.45, 7) is 8.52. The molecule has 1 heterocycles. The van der Waals surface area contributed by atoms with Gasteiger partial charge in [0.05, 0.1) is 0 Å². The number of hydrogen-bond acceptors (Lipinski definition) is 3. The van der Waals surface area contributed by atoms with Crippen molar-refractivity contribution in [2.75, 3.05) is 26.7 Å². The van der Waals surface area contributed by atoms with Crippen LogP contribution in [-0.4, -0.2) is 42.8 Å². The van der Waals surface area contributed by atoms with Crippen LogP contribution in [0.15, 0.2) is 0 Å². The summed E-state index contributed by atoms with van der Waals surface area (Å²) in [5, 5.41) is 7.88. The molecule has 0 aromatic heterocycles. The first kappa shape index (κ1) is 15.4. The molecule has 0 saturated carbocycles. The molecule has 0 aromatic rings. The Labute approximate surface area is 82.9 Å². The second-order valence-electron chi connectivity index (χ2n) is 3.03. The average molecular weight is 190 g/mol. The zero-order valence-electron chi connectivity index (χ0n) is 9.58. The standard InChI is InChI=1S/C5H12N2.C3H8O.C2H6/c1-7-3-2-5(6)4-7;1-2-3-4;1-2/h5H,2-4,6H2,1H3;4H,2-3H2,1H3;1-2H3. The lowest BCUT2D eigenvalue weighted by Crippen LogP contribution is -2.23. The number of likely N-dealkylation sites (N-methyl/N-ethyl adjacent to an activating group) is 1. The van der Waals surface area contributed by atoms with Crippen LogP contribution in [-0.2, 0) is 0 Å². The lowest BCUT2D eigenvalue weighted by molar-refractivity contribution is 0.295. The third-order valence-electron chi connectivity index (χ3n) is 1.65. The molecule has 0 aromatic carbocycles. The van der Waals surface area contributed by atoms with Gasteiger partial charge in [-0.15, -0.1) is 0 Å². The molecule has 3 nitrogen and oxygen atoms in total. The van der Waals surface area contributed by atoms with Crippen molar-refractivity contribution in [1.82, 2.24) is 4.90 Å². The summed E-state index contributed by atoms with van der Waals surface area (Å²) >= 11 is 0. The largest absolute Gasteiger partial charge is 0.396 e. The van der Waals surface area contributed by atoms with Gasteiger partial charge in [0.2, 0.25) is 0 Å². The minimum Gasteiger partial charge on any atom is -0.396 e. The number of nitrogens with two attached hydrogens (primary N) is 1. The van der Waals surface area contributed by atoms with Crippen LogP contribution >= 0.6 is 0 Å². The Hall–Kier alpha value is -0.120. The Kier molecular flexibility index (Phi) is 14.0. The van der Waals surface area contributed by atoms with Gasteiger partial charge < -0.3 is 15.7 Å². The fraction of sp³-hybridized carbons (Fsp3) is 1.00. The van der Waals surface area contributed by atoms with Crippen molar-refractivity contribution in [2.24, 2.45) is 5.73 Å². The molecule has 0 aliphatic carbocycles. The minimum absolute atomic E-state index is 0.319. The Morgan fingerprint density at radius 3 is 2.00 bits per heavy atom. The highest BCUT2D eigenvalue weighted by molar-refractivity contribution is 4.74. The SMILES string of the molecule is CC.CCCO.CN1CCC(N)C1. The second-order valence-corrected chi connectivity index (χ2v) is 3.03. The highest BCUT2D eigenvalue weighted by Gasteiger charge is 2.13. The van der Waals surface area contributed by atoms with Gasteiger partial charge >= 0.3 is 0 Å². The summed E-state index contributed by atoms with van der Waals surface area (Å²) in [5.41, 5.74) is 5.58. The van der Waals surface area contributed by atoms with Crippen LogP contribution in [0.25, 0.3) is 0 Å². The normalized spacial score (nSPS) is 21.2. The topological polar surface area (TPSA) is 49.5 Å². The van der Waals surface area contributed by atoms with Gasteiger partial charge in [-0.2, -0.15) is 0 Å². The van der Waals surface area contributed by atoms with Crippen molar-refractivity contribution in [1.29, 1.82) is 0 Å². The van der Waals surface area contributed by atoms with Gasteiger partial charge in [0.25, 0.3) is 0 Å². The van der Waals surface area contributed by atoms with Crippen LogP contribution in [0.5, 0.6) is 0 Å². The summed E-state index contributed by atoms with van der Waals surface area (Å²) in [7, 11) is 2.10. The summed E-state index contributed by atoms with van der Waals surface area (Å²) in [6.07, 6.45) is 2.05. The molecular weight excluding hydrogens is 164 g/mol. The van der Waals surface area contributed by atoms with Crippen molar-refractivity contribution in [3.05, 3.63) is 0 Å². The molecule has 0 radical (unpaired) electrons. The molecule has 0 bridgehead atoms. The lowest BCUT2D eigenvalue weighted by atomic mass is 10.3. The van der Waals surface area contributed by atoms with Crippen LogP contribution < -0.4 is 5.73 Å². The molecule has 13 heavy (non-hydrogen) atoms. The number of rotatable bonds is 1. The summed E-state index contributed by atoms with van der Waals surface area (Å²) in [4.78, 5) is 2.25. The third kappa shape index (κ3) is 11.9. The van der Waals surface area contributed by atoms with Crippen molar-refractivity contribution < 1.29 is 5.11 Å². The summed E-state index contributed by atoms with van der Waals surface area (Å²) < 4.78 is 0. The number of aliphatic hydroxyl groups is 1. The monoisotopic (exact) mass is 190 g/mol. The quantitative estimate of drug-likeness (QED) is 0.650.